The van der Waals surface area contributed by atoms with Gasteiger partial charge in [-0.15, -0.1) is 0 Å². The smallest absolute Gasteiger partial charge is 0.0673 e. The van der Waals surface area contributed by atoms with Gasteiger partial charge in [-0.1, -0.05) is 6.92 Å². The van der Waals surface area contributed by atoms with Crippen molar-refractivity contribution in [3.8, 4) is 0 Å². The Morgan fingerprint density at radius 2 is 2.05 bits per heavy atom. The highest BCUT2D eigenvalue weighted by Gasteiger charge is 2.51. The summed E-state index contributed by atoms with van der Waals surface area (Å²) in [5.41, 5.74) is 0.339. The molecule has 110 valence electrons. The van der Waals surface area contributed by atoms with Crippen molar-refractivity contribution in [3.63, 3.8) is 0 Å². The Morgan fingerprint density at radius 1 is 1.21 bits per heavy atom. The van der Waals surface area contributed by atoms with Gasteiger partial charge in [0.1, 0.15) is 0 Å². The Kier molecular flexibility index (Phi) is 4.16. The Balaban J connectivity index is 1.68. The highest BCUT2D eigenvalue weighted by molar-refractivity contribution is 5.02. The number of nitrogens with one attached hydrogen (secondary N) is 1. The average Bonchev–Trinajstić information content (AvgIpc) is 3.04. The summed E-state index contributed by atoms with van der Waals surface area (Å²) >= 11 is 0. The van der Waals surface area contributed by atoms with E-state index in [9.17, 15) is 0 Å². The first-order chi connectivity index (χ1) is 9.23. The van der Waals surface area contributed by atoms with Crippen LogP contribution < -0.4 is 5.32 Å². The van der Waals surface area contributed by atoms with Crippen molar-refractivity contribution in [1.82, 2.24) is 5.32 Å². The maximum atomic E-state index is 6.13. The summed E-state index contributed by atoms with van der Waals surface area (Å²) in [6.07, 6.45) is 9.07. The number of ether oxygens (including phenoxy) is 2. The Hall–Kier alpha value is -0.120. The number of rotatable bonds is 6. The molecule has 0 amide bonds. The molecule has 2 saturated heterocycles. The van der Waals surface area contributed by atoms with Crippen molar-refractivity contribution >= 4 is 0 Å². The first-order valence-corrected chi connectivity index (χ1v) is 8.21. The summed E-state index contributed by atoms with van der Waals surface area (Å²) in [5, 5.41) is 3.59. The molecule has 4 atom stereocenters. The van der Waals surface area contributed by atoms with E-state index in [1.807, 2.05) is 0 Å². The lowest BCUT2D eigenvalue weighted by atomic mass is 9.74. The lowest BCUT2D eigenvalue weighted by molar-refractivity contribution is -0.0190. The Morgan fingerprint density at radius 3 is 2.68 bits per heavy atom. The van der Waals surface area contributed by atoms with Gasteiger partial charge in [-0.05, 0) is 57.9 Å². The molecule has 0 aromatic heterocycles. The molecule has 3 fully saturated rings. The van der Waals surface area contributed by atoms with E-state index < -0.39 is 0 Å². The van der Waals surface area contributed by atoms with Crippen LogP contribution in [-0.4, -0.2) is 38.0 Å². The monoisotopic (exact) mass is 267 g/mol. The minimum Gasteiger partial charge on any atom is -0.377 e. The second-order valence-corrected chi connectivity index (χ2v) is 6.87. The molecule has 4 unspecified atom stereocenters. The summed E-state index contributed by atoms with van der Waals surface area (Å²) in [6, 6.07) is 0. The fraction of sp³-hybridized carbons (Fsp3) is 1.00. The highest BCUT2D eigenvalue weighted by atomic mass is 16.5. The predicted molar refractivity (Wildman–Crippen MR) is 76.2 cm³/mol. The minimum atomic E-state index is 0.339. The highest BCUT2D eigenvalue weighted by Crippen LogP contribution is 2.50. The van der Waals surface area contributed by atoms with Crippen LogP contribution in [0.25, 0.3) is 0 Å². The SMILES string of the molecule is CCNCC1(CC2CCC(C)O2)CCOC1C1CC1. The van der Waals surface area contributed by atoms with E-state index in [1.54, 1.807) is 0 Å². The van der Waals surface area contributed by atoms with Crippen LogP contribution in [0.1, 0.15) is 52.4 Å². The average molecular weight is 267 g/mol. The van der Waals surface area contributed by atoms with Gasteiger partial charge in [-0.25, -0.2) is 0 Å². The lowest BCUT2D eigenvalue weighted by Crippen LogP contribution is -2.44. The minimum absolute atomic E-state index is 0.339. The van der Waals surface area contributed by atoms with Gasteiger partial charge in [0.05, 0.1) is 18.3 Å². The zero-order valence-corrected chi connectivity index (χ0v) is 12.5. The molecule has 3 rings (SSSR count). The molecule has 19 heavy (non-hydrogen) atoms. The summed E-state index contributed by atoms with van der Waals surface area (Å²) in [5.74, 6) is 0.833. The first kappa shape index (κ1) is 13.8. The fourth-order valence-corrected chi connectivity index (χ4v) is 4.09. The van der Waals surface area contributed by atoms with Gasteiger partial charge in [0.15, 0.2) is 0 Å². The normalized spacial score (nSPS) is 42.9. The van der Waals surface area contributed by atoms with Crippen LogP contribution >= 0.6 is 0 Å². The Labute approximate surface area is 117 Å². The van der Waals surface area contributed by atoms with E-state index in [1.165, 1.54) is 38.5 Å². The quantitative estimate of drug-likeness (QED) is 0.802. The van der Waals surface area contributed by atoms with Crippen LogP contribution in [0.5, 0.6) is 0 Å². The van der Waals surface area contributed by atoms with E-state index in [0.29, 0.717) is 23.7 Å². The third-order valence-corrected chi connectivity index (χ3v) is 5.23. The van der Waals surface area contributed by atoms with Crippen molar-refractivity contribution in [2.75, 3.05) is 19.7 Å². The van der Waals surface area contributed by atoms with Crippen LogP contribution in [0.2, 0.25) is 0 Å². The molecule has 0 aromatic carbocycles. The second kappa shape index (κ2) is 5.71. The summed E-state index contributed by atoms with van der Waals surface area (Å²) in [6.45, 7) is 7.53. The molecular weight excluding hydrogens is 238 g/mol. The molecule has 3 aliphatic rings. The van der Waals surface area contributed by atoms with Crippen LogP contribution in [-0.2, 0) is 9.47 Å². The van der Waals surface area contributed by atoms with E-state index in [2.05, 4.69) is 19.2 Å². The van der Waals surface area contributed by atoms with Gasteiger partial charge in [0, 0.05) is 18.6 Å². The van der Waals surface area contributed by atoms with Gasteiger partial charge < -0.3 is 14.8 Å². The van der Waals surface area contributed by atoms with Gasteiger partial charge in [0.25, 0.3) is 0 Å². The topological polar surface area (TPSA) is 30.5 Å². The maximum absolute atomic E-state index is 6.13. The molecule has 1 aliphatic carbocycles. The van der Waals surface area contributed by atoms with Crippen LogP contribution in [0, 0.1) is 11.3 Å². The molecule has 0 bridgehead atoms. The van der Waals surface area contributed by atoms with Crippen LogP contribution in [0.15, 0.2) is 0 Å². The van der Waals surface area contributed by atoms with E-state index >= 15 is 0 Å². The third kappa shape index (κ3) is 2.98. The van der Waals surface area contributed by atoms with E-state index in [0.717, 1.165) is 25.6 Å². The second-order valence-electron chi connectivity index (χ2n) is 6.87. The number of hydrogen-bond donors (Lipinski definition) is 1. The summed E-state index contributed by atoms with van der Waals surface area (Å²) < 4.78 is 12.2. The molecule has 0 radical (unpaired) electrons. The zero-order valence-electron chi connectivity index (χ0n) is 12.5. The molecule has 2 aliphatic heterocycles. The van der Waals surface area contributed by atoms with Gasteiger partial charge in [-0.2, -0.15) is 0 Å². The van der Waals surface area contributed by atoms with Gasteiger partial charge in [0.2, 0.25) is 0 Å². The molecular formula is C16H29NO2. The molecule has 3 nitrogen and oxygen atoms in total. The fourth-order valence-electron chi connectivity index (χ4n) is 4.09. The van der Waals surface area contributed by atoms with Gasteiger partial charge >= 0.3 is 0 Å². The van der Waals surface area contributed by atoms with Crippen LogP contribution in [0.4, 0.5) is 0 Å². The molecule has 1 N–H and O–H groups in total. The third-order valence-electron chi connectivity index (χ3n) is 5.23. The maximum Gasteiger partial charge on any atom is 0.0673 e. The molecule has 2 heterocycles. The molecule has 0 aromatic rings. The largest absolute Gasteiger partial charge is 0.377 e. The predicted octanol–water partition coefficient (Wildman–Crippen LogP) is 2.74. The van der Waals surface area contributed by atoms with Crippen molar-refractivity contribution < 1.29 is 9.47 Å². The van der Waals surface area contributed by atoms with Crippen molar-refractivity contribution in [2.45, 2.75) is 70.7 Å². The summed E-state index contributed by atoms with van der Waals surface area (Å²) in [4.78, 5) is 0. The molecule has 1 saturated carbocycles. The van der Waals surface area contributed by atoms with Crippen molar-refractivity contribution in [1.29, 1.82) is 0 Å². The van der Waals surface area contributed by atoms with Gasteiger partial charge in [-0.3, -0.25) is 0 Å². The summed E-state index contributed by atoms with van der Waals surface area (Å²) in [7, 11) is 0. The van der Waals surface area contributed by atoms with E-state index in [-0.39, 0.29) is 0 Å². The van der Waals surface area contributed by atoms with E-state index in [4.69, 9.17) is 9.47 Å². The van der Waals surface area contributed by atoms with Crippen molar-refractivity contribution in [2.24, 2.45) is 11.3 Å². The number of hydrogen-bond acceptors (Lipinski definition) is 3. The standard InChI is InChI=1S/C16H29NO2/c1-3-17-11-16(10-14-7-4-12(2)19-14)8-9-18-15(16)13-5-6-13/h12-15,17H,3-11H2,1-2H3. The first-order valence-electron chi connectivity index (χ1n) is 8.21. The molecule has 0 spiro atoms. The zero-order chi connectivity index (χ0) is 13.3. The molecule has 3 heteroatoms. The lowest BCUT2D eigenvalue weighted by Gasteiger charge is -2.36. The van der Waals surface area contributed by atoms with Crippen molar-refractivity contribution in [3.05, 3.63) is 0 Å². The Bertz CT molecular complexity index is 305. The van der Waals surface area contributed by atoms with Crippen LogP contribution in [0.3, 0.4) is 0 Å².